The molecule has 0 atom stereocenters. The third-order valence-electron chi connectivity index (χ3n) is 2.87. The fourth-order valence-electron chi connectivity index (χ4n) is 1.96. The van der Waals surface area contributed by atoms with E-state index in [1.165, 1.54) is 0 Å². The van der Waals surface area contributed by atoms with Crippen LogP contribution in [0.2, 0.25) is 0 Å². The van der Waals surface area contributed by atoms with Crippen LogP contribution in [0.15, 0.2) is 23.4 Å². The summed E-state index contributed by atoms with van der Waals surface area (Å²) in [4.78, 5) is 6.59. The SMILES string of the molecule is CCCCCc1cccc2[nH]c(S(=O)(=O)O)nc12. The number of para-hydroxylation sites is 1. The van der Waals surface area contributed by atoms with Gasteiger partial charge in [-0.3, -0.25) is 4.55 Å². The molecular formula is C12H16N2O3S. The molecule has 0 unspecified atom stereocenters. The van der Waals surface area contributed by atoms with Gasteiger partial charge < -0.3 is 4.98 Å². The molecule has 1 heterocycles. The van der Waals surface area contributed by atoms with E-state index in [9.17, 15) is 8.42 Å². The zero-order valence-corrected chi connectivity index (χ0v) is 11.0. The number of rotatable bonds is 5. The van der Waals surface area contributed by atoms with Crippen molar-refractivity contribution in [3.8, 4) is 0 Å². The van der Waals surface area contributed by atoms with Crippen molar-refractivity contribution in [3.05, 3.63) is 23.8 Å². The molecule has 0 spiro atoms. The van der Waals surface area contributed by atoms with Crippen molar-refractivity contribution >= 4 is 21.2 Å². The normalized spacial score (nSPS) is 12.1. The highest BCUT2D eigenvalue weighted by atomic mass is 32.2. The van der Waals surface area contributed by atoms with E-state index in [1.54, 1.807) is 6.07 Å². The summed E-state index contributed by atoms with van der Waals surface area (Å²) in [7, 11) is -4.27. The minimum Gasteiger partial charge on any atom is -0.327 e. The second kappa shape index (κ2) is 5.07. The van der Waals surface area contributed by atoms with E-state index in [2.05, 4.69) is 16.9 Å². The first kappa shape index (κ1) is 13.0. The van der Waals surface area contributed by atoms with Crippen LogP contribution in [0.5, 0.6) is 0 Å². The quantitative estimate of drug-likeness (QED) is 0.644. The number of aromatic amines is 1. The Morgan fingerprint density at radius 3 is 2.78 bits per heavy atom. The number of aryl methyl sites for hydroxylation is 1. The first-order valence-corrected chi connectivity index (χ1v) is 7.41. The van der Waals surface area contributed by atoms with Gasteiger partial charge in [-0.25, -0.2) is 4.98 Å². The van der Waals surface area contributed by atoms with E-state index < -0.39 is 10.1 Å². The van der Waals surface area contributed by atoms with Crippen molar-refractivity contribution in [2.24, 2.45) is 0 Å². The zero-order valence-electron chi connectivity index (χ0n) is 10.2. The van der Waals surface area contributed by atoms with E-state index in [4.69, 9.17) is 4.55 Å². The summed E-state index contributed by atoms with van der Waals surface area (Å²) < 4.78 is 31.0. The molecule has 0 bridgehead atoms. The lowest BCUT2D eigenvalue weighted by molar-refractivity contribution is 0.476. The number of benzene rings is 1. The summed E-state index contributed by atoms with van der Waals surface area (Å²) in [6.07, 6.45) is 4.17. The number of unbranched alkanes of at least 4 members (excludes halogenated alkanes) is 2. The second-order valence-corrected chi connectivity index (χ2v) is 5.62. The van der Waals surface area contributed by atoms with E-state index in [0.717, 1.165) is 31.2 Å². The molecule has 0 saturated carbocycles. The first-order chi connectivity index (χ1) is 8.52. The van der Waals surface area contributed by atoms with Gasteiger partial charge in [0.05, 0.1) is 11.0 Å². The Kier molecular flexibility index (Phi) is 3.68. The Morgan fingerprint density at radius 1 is 1.33 bits per heavy atom. The Hall–Kier alpha value is -1.40. The standard InChI is InChI=1S/C12H16N2O3S/c1-2-3-4-6-9-7-5-8-10-11(9)14-12(13-10)18(15,16)17/h5,7-8H,2-4,6H2,1H3,(H,13,14)(H,15,16,17). The molecule has 2 aromatic rings. The van der Waals surface area contributed by atoms with Crippen molar-refractivity contribution in [1.82, 2.24) is 9.97 Å². The number of hydrogen-bond acceptors (Lipinski definition) is 3. The van der Waals surface area contributed by atoms with Crippen molar-refractivity contribution in [2.75, 3.05) is 0 Å². The van der Waals surface area contributed by atoms with Gasteiger partial charge in [0.1, 0.15) is 0 Å². The third kappa shape index (κ3) is 2.70. The second-order valence-electron chi connectivity index (χ2n) is 4.29. The van der Waals surface area contributed by atoms with E-state index >= 15 is 0 Å². The molecule has 0 aliphatic heterocycles. The van der Waals surface area contributed by atoms with Gasteiger partial charge in [0.15, 0.2) is 0 Å². The van der Waals surface area contributed by atoms with Gasteiger partial charge in [-0.2, -0.15) is 8.42 Å². The third-order valence-corrected chi connectivity index (χ3v) is 3.55. The lowest BCUT2D eigenvalue weighted by Gasteiger charge is -2.00. The number of nitrogens with one attached hydrogen (secondary N) is 1. The molecule has 2 N–H and O–H groups in total. The molecule has 0 aliphatic rings. The maximum absolute atomic E-state index is 11.0. The summed E-state index contributed by atoms with van der Waals surface area (Å²) in [5, 5.41) is -0.388. The lowest BCUT2D eigenvalue weighted by atomic mass is 10.1. The van der Waals surface area contributed by atoms with Gasteiger partial charge in [0, 0.05) is 0 Å². The molecule has 2 rings (SSSR count). The maximum Gasteiger partial charge on any atom is 0.328 e. The zero-order chi connectivity index (χ0) is 13.2. The van der Waals surface area contributed by atoms with Crippen molar-refractivity contribution in [3.63, 3.8) is 0 Å². The predicted octanol–water partition coefficient (Wildman–Crippen LogP) is 2.54. The van der Waals surface area contributed by atoms with Crippen molar-refractivity contribution in [2.45, 2.75) is 37.8 Å². The molecule has 6 heteroatoms. The van der Waals surface area contributed by atoms with Crippen LogP contribution in [0.25, 0.3) is 11.0 Å². The molecule has 0 fully saturated rings. The molecular weight excluding hydrogens is 252 g/mol. The molecule has 0 aliphatic carbocycles. The Balaban J connectivity index is 2.40. The van der Waals surface area contributed by atoms with Gasteiger partial charge in [0.25, 0.3) is 5.16 Å². The number of H-pyrrole nitrogens is 1. The highest BCUT2D eigenvalue weighted by Crippen LogP contribution is 2.20. The summed E-state index contributed by atoms with van der Waals surface area (Å²) in [5.41, 5.74) is 2.27. The van der Waals surface area contributed by atoms with Crippen LogP contribution >= 0.6 is 0 Å². The Morgan fingerprint density at radius 2 is 2.11 bits per heavy atom. The molecule has 0 saturated heterocycles. The molecule has 5 nitrogen and oxygen atoms in total. The monoisotopic (exact) mass is 268 g/mol. The molecule has 98 valence electrons. The first-order valence-electron chi connectivity index (χ1n) is 5.97. The van der Waals surface area contributed by atoms with Gasteiger partial charge in [-0.05, 0) is 24.5 Å². The number of imidazole rings is 1. The smallest absolute Gasteiger partial charge is 0.327 e. The fourth-order valence-corrected chi connectivity index (χ4v) is 2.40. The van der Waals surface area contributed by atoms with Crippen LogP contribution < -0.4 is 0 Å². The van der Waals surface area contributed by atoms with Gasteiger partial charge in [-0.15, -0.1) is 0 Å². The minimum atomic E-state index is -4.27. The van der Waals surface area contributed by atoms with Gasteiger partial charge in [-0.1, -0.05) is 31.9 Å². The summed E-state index contributed by atoms with van der Waals surface area (Å²) in [6.45, 7) is 2.13. The number of hydrogen-bond donors (Lipinski definition) is 2. The Bertz CT molecular complexity index is 646. The predicted molar refractivity (Wildman–Crippen MR) is 69.1 cm³/mol. The summed E-state index contributed by atoms with van der Waals surface area (Å²) in [6, 6.07) is 5.54. The van der Waals surface area contributed by atoms with Crippen molar-refractivity contribution < 1.29 is 13.0 Å². The van der Waals surface area contributed by atoms with Crippen LogP contribution in [0.3, 0.4) is 0 Å². The summed E-state index contributed by atoms with van der Waals surface area (Å²) in [5.74, 6) is 0. The van der Waals surface area contributed by atoms with E-state index in [0.29, 0.717) is 11.0 Å². The van der Waals surface area contributed by atoms with Gasteiger partial charge >= 0.3 is 10.1 Å². The molecule has 18 heavy (non-hydrogen) atoms. The maximum atomic E-state index is 11.0. The fraction of sp³-hybridized carbons (Fsp3) is 0.417. The molecule has 1 aromatic heterocycles. The van der Waals surface area contributed by atoms with E-state index in [1.807, 2.05) is 12.1 Å². The Labute approximate surface area is 106 Å². The average Bonchev–Trinajstić information content (AvgIpc) is 2.73. The highest BCUT2D eigenvalue weighted by molar-refractivity contribution is 7.85. The van der Waals surface area contributed by atoms with Crippen molar-refractivity contribution in [1.29, 1.82) is 0 Å². The number of fused-ring (bicyclic) bond motifs is 1. The van der Waals surface area contributed by atoms with Crippen LogP contribution in [0.4, 0.5) is 0 Å². The van der Waals surface area contributed by atoms with E-state index in [-0.39, 0.29) is 5.16 Å². The van der Waals surface area contributed by atoms with Crippen LogP contribution in [-0.2, 0) is 16.5 Å². The molecule has 0 amide bonds. The molecule has 0 radical (unpaired) electrons. The van der Waals surface area contributed by atoms with Crippen LogP contribution in [-0.4, -0.2) is 22.9 Å². The molecule has 1 aromatic carbocycles. The largest absolute Gasteiger partial charge is 0.328 e. The topological polar surface area (TPSA) is 83.0 Å². The lowest BCUT2D eigenvalue weighted by Crippen LogP contribution is -1.99. The average molecular weight is 268 g/mol. The summed E-state index contributed by atoms with van der Waals surface area (Å²) >= 11 is 0. The minimum absolute atomic E-state index is 0.388. The van der Waals surface area contributed by atoms with Gasteiger partial charge in [0.2, 0.25) is 0 Å². The van der Waals surface area contributed by atoms with Crippen LogP contribution in [0.1, 0.15) is 31.7 Å². The number of aromatic nitrogens is 2. The highest BCUT2D eigenvalue weighted by Gasteiger charge is 2.16. The number of nitrogens with zero attached hydrogens (tertiary/aromatic N) is 1. The van der Waals surface area contributed by atoms with Crippen LogP contribution in [0, 0.1) is 0 Å².